The summed E-state index contributed by atoms with van der Waals surface area (Å²) in [5.41, 5.74) is 0. The van der Waals surface area contributed by atoms with Crippen LogP contribution >= 0.6 is 0 Å². The molecule has 1 saturated heterocycles. The Bertz CT molecular complexity index is 45.5. The molecular formula is C4H10IN. The maximum atomic E-state index is 2.24. The smallest absolute Gasteiger partial charge is 0.128 e. The predicted molar refractivity (Wildman–Crippen MR) is 21.8 cm³/mol. The van der Waals surface area contributed by atoms with Gasteiger partial charge >= 0.3 is 0 Å². The van der Waals surface area contributed by atoms with Gasteiger partial charge in [-0.25, -0.2) is 0 Å². The topological polar surface area (TPSA) is 0 Å². The fourth-order valence-electron chi connectivity index (χ4n) is 0.200. The van der Waals surface area contributed by atoms with E-state index in [0.29, 0.717) is 0 Å². The van der Waals surface area contributed by atoms with Crippen LogP contribution in [0, 0.1) is 0 Å². The number of hydrogen-bond donors (Lipinski definition) is 0. The number of likely N-dealkylation sites (N-methyl/N-ethyl adjacent to an activating group) is 1. The summed E-state index contributed by atoms with van der Waals surface area (Å²) in [5, 5.41) is 0. The third kappa shape index (κ3) is 1.97. The summed E-state index contributed by atoms with van der Waals surface area (Å²) in [4.78, 5) is 0. The van der Waals surface area contributed by atoms with Crippen LogP contribution in [0.2, 0.25) is 0 Å². The second kappa shape index (κ2) is 1.66. The lowest BCUT2D eigenvalue weighted by Crippen LogP contribution is -3.00. The van der Waals surface area contributed by atoms with Gasteiger partial charge in [0.2, 0.25) is 0 Å². The first-order valence-electron chi connectivity index (χ1n) is 2.03. The van der Waals surface area contributed by atoms with Crippen molar-refractivity contribution in [2.45, 2.75) is 0 Å². The number of halogens is 1. The quantitative estimate of drug-likeness (QED) is 0.223. The number of quaternary nitrogens is 1. The molecule has 1 aliphatic heterocycles. The molecule has 1 fully saturated rings. The SMILES string of the molecule is C[N+]1(C)CC1.[I-]. The maximum Gasteiger partial charge on any atom is 0.128 e. The van der Waals surface area contributed by atoms with Gasteiger partial charge in [0.15, 0.2) is 0 Å². The molecule has 1 aliphatic rings. The molecule has 0 aromatic rings. The number of rotatable bonds is 0. The first-order chi connectivity index (χ1) is 2.21. The van der Waals surface area contributed by atoms with Crippen LogP contribution in [0.15, 0.2) is 0 Å². The Morgan fingerprint density at radius 2 is 1.33 bits per heavy atom. The zero-order chi connectivity index (χ0) is 3.91. The van der Waals surface area contributed by atoms with Crippen LogP contribution < -0.4 is 24.0 Å². The molecule has 0 aliphatic carbocycles. The molecule has 38 valence electrons. The molecule has 0 spiro atoms. The van der Waals surface area contributed by atoms with Crippen molar-refractivity contribution in [3.8, 4) is 0 Å². The molecule has 1 nitrogen and oxygen atoms in total. The number of hydrogen-bond acceptors (Lipinski definition) is 0. The van der Waals surface area contributed by atoms with E-state index in [1.54, 1.807) is 0 Å². The van der Waals surface area contributed by atoms with Gasteiger partial charge in [-0.3, -0.25) is 0 Å². The zero-order valence-corrected chi connectivity index (χ0v) is 6.40. The second-order valence-electron chi connectivity index (χ2n) is 2.38. The van der Waals surface area contributed by atoms with Gasteiger partial charge in [-0.1, -0.05) is 0 Å². The van der Waals surface area contributed by atoms with Crippen molar-refractivity contribution in [2.75, 3.05) is 27.2 Å². The summed E-state index contributed by atoms with van der Waals surface area (Å²) in [5.74, 6) is 0. The Labute approximate surface area is 55.9 Å². The highest BCUT2D eigenvalue weighted by molar-refractivity contribution is 4.43. The van der Waals surface area contributed by atoms with Crippen LogP contribution in [0.25, 0.3) is 0 Å². The molecule has 0 aromatic carbocycles. The molecule has 6 heavy (non-hydrogen) atoms. The minimum Gasteiger partial charge on any atom is -1.00 e. The van der Waals surface area contributed by atoms with E-state index in [2.05, 4.69) is 14.1 Å². The van der Waals surface area contributed by atoms with Crippen molar-refractivity contribution in [2.24, 2.45) is 0 Å². The zero-order valence-electron chi connectivity index (χ0n) is 4.24. The molecular weight excluding hydrogens is 189 g/mol. The molecule has 0 bridgehead atoms. The maximum absolute atomic E-state index is 2.24. The summed E-state index contributed by atoms with van der Waals surface area (Å²) in [6.45, 7) is 2.78. The lowest BCUT2D eigenvalue weighted by Gasteiger charge is -1.95. The van der Waals surface area contributed by atoms with Crippen molar-refractivity contribution < 1.29 is 28.5 Å². The molecule has 0 unspecified atom stereocenters. The van der Waals surface area contributed by atoms with Gasteiger partial charge in [0, 0.05) is 0 Å². The minimum absolute atomic E-state index is 0. The average molecular weight is 199 g/mol. The Hall–Kier alpha value is 0.690. The van der Waals surface area contributed by atoms with E-state index in [0.717, 1.165) is 0 Å². The van der Waals surface area contributed by atoms with Crippen LogP contribution in [-0.4, -0.2) is 31.7 Å². The third-order valence-electron chi connectivity index (χ3n) is 1.12. The van der Waals surface area contributed by atoms with Gasteiger partial charge in [-0.05, 0) is 0 Å². The van der Waals surface area contributed by atoms with Crippen molar-refractivity contribution in [1.82, 2.24) is 0 Å². The Kier molecular flexibility index (Phi) is 1.85. The first kappa shape index (κ1) is 6.69. The molecule has 0 radical (unpaired) electrons. The largest absolute Gasteiger partial charge is 1.00 e. The summed E-state index contributed by atoms with van der Waals surface area (Å²) >= 11 is 0. The molecule has 0 amide bonds. The fourth-order valence-corrected chi connectivity index (χ4v) is 0.200. The predicted octanol–water partition coefficient (Wildman–Crippen LogP) is -2.92. The molecule has 1 rings (SSSR count). The molecule has 0 aromatic heterocycles. The molecule has 2 heteroatoms. The molecule has 0 saturated carbocycles. The molecule has 1 heterocycles. The number of nitrogens with zero attached hydrogens (tertiary/aromatic N) is 1. The Balaban J connectivity index is 0.000000250. The monoisotopic (exact) mass is 199 g/mol. The standard InChI is InChI=1S/C4H10N.HI/c1-5(2)3-4-5;/h3-4H2,1-2H3;1H/q+1;/p-1. The van der Waals surface area contributed by atoms with E-state index in [1.165, 1.54) is 17.6 Å². The van der Waals surface area contributed by atoms with E-state index in [-0.39, 0.29) is 24.0 Å². The molecule has 0 atom stereocenters. The minimum atomic E-state index is 0. The van der Waals surface area contributed by atoms with Crippen LogP contribution in [-0.2, 0) is 0 Å². The fraction of sp³-hybridized carbons (Fsp3) is 1.00. The summed E-state index contributed by atoms with van der Waals surface area (Å²) in [7, 11) is 4.47. The average Bonchev–Trinajstić information content (AvgIpc) is 1.76. The third-order valence-corrected chi connectivity index (χ3v) is 1.12. The second-order valence-corrected chi connectivity index (χ2v) is 2.38. The lowest BCUT2D eigenvalue weighted by molar-refractivity contribution is -0.753. The van der Waals surface area contributed by atoms with Crippen LogP contribution in [0.5, 0.6) is 0 Å². The van der Waals surface area contributed by atoms with Gasteiger partial charge in [0.1, 0.15) is 13.1 Å². The first-order valence-corrected chi connectivity index (χ1v) is 2.03. The van der Waals surface area contributed by atoms with E-state index in [4.69, 9.17) is 0 Å². The van der Waals surface area contributed by atoms with Crippen molar-refractivity contribution in [3.05, 3.63) is 0 Å². The summed E-state index contributed by atoms with van der Waals surface area (Å²) < 4.78 is 1.25. The summed E-state index contributed by atoms with van der Waals surface area (Å²) in [6.07, 6.45) is 0. The van der Waals surface area contributed by atoms with Gasteiger partial charge in [0.25, 0.3) is 0 Å². The van der Waals surface area contributed by atoms with Crippen LogP contribution in [0.3, 0.4) is 0 Å². The summed E-state index contributed by atoms with van der Waals surface area (Å²) in [6, 6.07) is 0. The van der Waals surface area contributed by atoms with E-state index < -0.39 is 0 Å². The van der Waals surface area contributed by atoms with E-state index >= 15 is 0 Å². The Morgan fingerprint density at radius 1 is 1.17 bits per heavy atom. The highest BCUT2D eigenvalue weighted by atomic mass is 127. The van der Waals surface area contributed by atoms with Gasteiger partial charge in [0.05, 0.1) is 14.1 Å². The van der Waals surface area contributed by atoms with Gasteiger partial charge < -0.3 is 28.5 Å². The normalized spacial score (nSPS) is 25.0. The van der Waals surface area contributed by atoms with Gasteiger partial charge in [-0.2, -0.15) is 0 Å². The van der Waals surface area contributed by atoms with E-state index in [9.17, 15) is 0 Å². The van der Waals surface area contributed by atoms with Crippen molar-refractivity contribution in [1.29, 1.82) is 0 Å². The van der Waals surface area contributed by atoms with Crippen LogP contribution in [0.4, 0.5) is 0 Å². The lowest BCUT2D eigenvalue weighted by atomic mass is 11.0. The van der Waals surface area contributed by atoms with Crippen LogP contribution in [0.1, 0.15) is 0 Å². The Morgan fingerprint density at radius 3 is 1.33 bits per heavy atom. The molecule has 0 N–H and O–H groups in total. The highest BCUT2D eigenvalue weighted by Crippen LogP contribution is 2.09. The van der Waals surface area contributed by atoms with Gasteiger partial charge in [-0.15, -0.1) is 0 Å². The van der Waals surface area contributed by atoms with E-state index in [1.807, 2.05) is 0 Å². The van der Waals surface area contributed by atoms with Crippen molar-refractivity contribution >= 4 is 0 Å². The van der Waals surface area contributed by atoms with Crippen molar-refractivity contribution in [3.63, 3.8) is 0 Å². The highest BCUT2D eigenvalue weighted by Gasteiger charge is 2.30.